The summed E-state index contributed by atoms with van der Waals surface area (Å²) in [5.74, 6) is 1.08. The number of para-hydroxylation sites is 1. The molecule has 19 heavy (non-hydrogen) atoms. The Hall–Kier alpha value is -1.90. The SMILES string of the molecule is CCc1ccccc1Nc1ncc(C)c(C(C)C)n1. The molecule has 100 valence electrons. The van der Waals surface area contributed by atoms with Crippen molar-refractivity contribution < 1.29 is 0 Å². The van der Waals surface area contributed by atoms with Gasteiger partial charge >= 0.3 is 0 Å². The van der Waals surface area contributed by atoms with Gasteiger partial charge in [-0.2, -0.15) is 0 Å². The molecule has 1 aromatic carbocycles. The summed E-state index contributed by atoms with van der Waals surface area (Å²) in [6.07, 6.45) is 2.88. The van der Waals surface area contributed by atoms with E-state index in [4.69, 9.17) is 0 Å². The Labute approximate surface area is 115 Å². The molecule has 0 aliphatic heterocycles. The molecule has 0 spiro atoms. The van der Waals surface area contributed by atoms with Crippen molar-refractivity contribution in [2.45, 2.75) is 40.0 Å². The fourth-order valence-electron chi connectivity index (χ4n) is 2.17. The van der Waals surface area contributed by atoms with E-state index >= 15 is 0 Å². The molecule has 0 aliphatic carbocycles. The predicted octanol–water partition coefficient (Wildman–Crippen LogP) is 4.21. The summed E-state index contributed by atoms with van der Waals surface area (Å²) in [5, 5.41) is 3.32. The lowest BCUT2D eigenvalue weighted by Gasteiger charge is -2.13. The fourth-order valence-corrected chi connectivity index (χ4v) is 2.17. The van der Waals surface area contributed by atoms with Crippen molar-refractivity contribution in [3.8, 4) is 0 Å². The minimum absolute atomic E-state index is 0.407. The van der Waals surface area contributed by atoms with Crippen LogP contribution in [0.1, 0.15) is 43.5 Å². The highest BCUT2D eigenvalue weighted by atomic mass is 15.1. The van der Waals surface area contributed by atoms with Crippen LogP contribution in [0.4, 0.5) is 11.6 Å². The van der Waals surface area contributed by atoms with Crippen LogP contribution in [0.25, 0.3) is 0 Å². The number of benzene rings is 1. The third-order valence-corrected chi connectivity index (χ3v) is 3.20. The molecule has 0 unspecified atom stereocenters. The van der Waals surface area contributed by atoms with Gasteiger partial charge in [-0.05, 0) is 36.5 Å². The Morgan fingerprint density at radius 3 is 2.63 bits per heavy atom. The minimum Gasteiger partial charge on any atom is -0.324 e. The lowest BCUT2D eigenvalue weighted by molar-refractivity contribution is 0.804. The van der Waals surface area contributed by atoms with Gasteiger partial charge in [0.25, 0.3) is 0 Å². The Balaban J connectivity index is 2.31. The molecule has 0 aliphatic rings. The molecule has 3 heteroatoms. The van der Waals surface area contributed by atoms with Crippen LogP contribution in [0.15, 0.2) is 30.5 Å². The zero-order valence-electron chi connectivity index (χ0n) is 12.1. The second kappa shape index (κ2) is 5.83. The van der Waals surface area contributed by atoms with Gasteiger partial charge < -0.3 is 5.32 Å². The number of hydrogen-bond acceptors (Lipinski definition) is 3. The van der Waals surface area contributed by atoms with E-state index in [-0.39, 0.29) is 0 Å². The van der Waals surface area contributed by atoms with Gasteiger partial charge in [0.2, 0.25) is 5.95 Å². The lowest BCUT2D eigenvalue weighted by Crippen LogP contribution is -2.04. The van der Waals surface area contributed by atoms with E-state index in [9.17, 15) is 0 Å². The van der Waals surface area contributed by atoms with Gasteiger partial charge in [-0.3, -0.25) is 0 Å². The smallest absolute Gasteiger partial charge is 0.227 e. The molecule has 1 heterocycles. The summed E-state index contributed by atoms with van der Waals surface area (Å²) < 4.78 is 0. The van der Waals surface area contributed by atoms with Crippen molar-refractivity contribution in [2.75, 3.05) is 5.32 Å². The normalized spacial score (nSPS) is 10.8. The molecule has 1 aromatic heterocycles. The number of aryl methyl sites for hydroxylation is 2. The Bertz CT molecular complexity index is 562. The van der Waals surface area contributed by atoms with E-state index < -0.39 is 0 Å². The third kappa shape index (κ3) is 3.11. The van der Waals surface area contributed by atoms with Gasteiger partial charge in [0.05, 0.1) is 5.69 Å². The highest BCUT2D eigenvalue weighted by Gasteiger charge is 2.08. The molecule has 0 radical (unpaired) electrons. The van der Waals surface area contributed by atoms with Crippen molar-refractivity contribution >= 4 is 11.6 Å². The van der Waals surface area contributed by atoms with Crippen LogP contribution in [-0.4, -0.2) is 9.97 Å². The first kappa shape index (κ1) is 13.5. The first-order valence-electron chi connectivity index (χ1n) is 6.80. The molecule has 0 bridgehead atoms. The van der Waals surface area contributed by atoms with Crippen molar-refractivity contribution in [1.29, 1.82) is 0 Å². The first-order chi connectivity index (χ1) is 9.11. The molecule has 0 saturated heterocycles. The Morgan fingerprint density at radius 1 is 1.21 bits per heavy atom. The topological polar surface area (TPSA) is 37.8 Å². The summed E-state index contributed by atoms with van der Waals surface area (Å²) in [6.45, 7) is 8.51. The maximum atomic E-state index is 4.62. The van der Waals surface area contributed by atoms with Crippen LogP contribution >= 0.6 is 0 Å². The summed E-state index contributed by atoms with van der Waals surface area (Å²) in [6, 6.07) is 8.27. The van der Waals surface area contributed by atoms with Crippen molar-refractivity contribution in [2.24, 2.45) is 0 Å². The average molecular weight is 255 g/mol. The van der Waals surface area contributed by atoms with E-state index in [1.807, 2.05) is 12.3 Å². The van der Waals surface area contributed by atoms with E-state index in [2.05, 4.69) is 61.2 Å². The third-order valence-electron chi connectivity index (χ3n) is 3.20. The molecule has 0 amide bonds. The van der Waals surface area contributed by atoms with Crippen LogP contribution in [0.3, 0.4) is 0 Å². The second-order valence-electron chi connectivity index (χ2n) is 5.05. The molecule has 2 aromatic rings. The number of hydrogen-bond donors (Lipinski definition) is 1. The summed E-state index contributed by atoms with van der Waals surface area (Å²) in [4.78, 5) is 8.99. The highest BCUT2D eigenvalue weighted by molar-refractivity contribution is 5.58. The maximum Gasteiger partial charge on any atom is 0.227 e. The second-order valence-corrected chi connectivity index (χ2v) is 5.05. The van der Waals surface area contributed by atoms with Crippen LogP contribution in [0.2, 0.25) is 0 Å². The number of nitrogens with zero attached hydrogens (tertiary/aromatic N) is 2. The predicted molar refractivity (Wildman–Crippen MR) is 80.0 cm³/mol. The van der Waals surface area contributed by atoms with Gasteiger partial charge in [-0.25, -0.2) is 9.97 Å². The van der Waals surface area contributed by atoms with Crippen LogP contribution in [-0.2, 0) is 6.42 Å². The van der Waals surface area contributed by atoms with E-state index in [1.54, 1.807) is 0 Å². The van der Waals surface area contributed by atoms with Gasteiger partial charge in [0.1, 0.15) is 0 Å². The zero-order chi connectivity index (χ0) is 13.8. The zero-order valence-corrected chi connectivity index (χ0v) is 12.1. The number of aromatic nitrogens is 2. The Morgan fingerprint density at radius 2 is 1.95 bits per heavy atom. The number of rotatable bonds is 4. The van der Waals surface area contributed by atoms with Gasteiger partial charge in [0.15, 0.2) is 0 Å². The summed E-state index contributed by atoms with van der Waals surface area (Å²) in [5.41, 5.74) is 4.61. The van der Waals surface area contributed by atoms with Crippen molar-refractivity contribution in [1.82, 2.24) is 9.97 Å². The number of anilines is 2. The van der Waals surface area contributed by atoms with E-state index in [0.717, 1.165) is 23.4 Å². The van der Waals surface area contributed by atoms with Crippen LogP contribution in [0.5, 0.6) is 0 Å². The molecule has 1 N–H and O–H groups in total. The molecular formula is C16H21N3. The largest absolute Gasteiger partial charge is 0.324 e. The van der Waals surface area contributed by atoms with Gasteiger partial charge in [-0.1, -0.05) is 39.0 Å². The standard InChI is InChI=1S/C16H21N3/c1-5-13-8-6-7-9-14(13)18-16-17-10-12(4)15(19-16)11(2)3/h6-11H,5H2,1-4H3,(H,17,18,19). The van der Waals surface area contributed by atoms with Crippen molar-refractivity contribution in [3.63, 3.8) is 0 Å². The molecule has 0 saturated carbocycles. The molecule has 3 nitrogen and oxygen atoms in total. The maximum absolute atomic E-state index is 4.62. The summed E-state index contributed by atoms with van der Waals surface area (Å²) in [7, 11) is 0. The molecule has 0 atom stereocenters. The first-order valence-corrected chi connectivity index (χ1v) is 6.80. The molecule has 0 fully saturated rings. The molecule has 2 rings (SSSR count). The summed E-state index contributed by atoms with van der Waals surface area (Å²) >= 11 is 0. The highest BCUT2D eigenvalue weighted by Crippen LogP contribution is 2.21. The average Bonchev–Trinajstić information content (AvgIpc) is 2.41. The monoisotopic (exact) mass is 255 g/mol. The number of nitrogens with one attached hydrogen (secondary N) is 1. The van der Waals surface area contributed by atoms with Gasteiger partial charge in [0, 0.05) is 11.9 Å². The Kier molecular flexibility index (Phi) is 4.15. The van der Waals surface area contributed by atoms with Crippen LogP contribution in [0, 0.1) is 6.92 Å². The fraction of sp³-hybridized carbons (Fsp3) is 0.375. The van der Waals surface area contributed by atoms with E-state index in [1.165, 1.54) is 5.56 Å². The van der Waals surface area contributed by atoms with Gasteiger partial charge in [-0.15, -0.1) is 0 Å². The van der Waals surface area contributed by atoms with Crippen molar-refractivity contribution in [3.05, 3.63) is 47.3 Å². The molecular weight excluding hydrogens is 234 g/mol. The minimum atomic E-state index is 0.407. The quantitative estimate of drug-likeness (QED) is 0.889. The van der Waals surface area contributed by atoms with Crippen LogP contribution < -0.4 is 5.32 Å². The van der Waals surface area contributed by atoms with E-state index in [0.29, 0.717) is 11.9 Å². The lowest BCUT2D eigenvalue weighted by atomic mass is 10.1.